The Morgan fingerprint density at radius 1 is 1.31 bits per heavy atom. The maximum atomic E-state index is 4.22. The first kappa shape index (κ1) is 10.9. The second-order valence-corrected chi connectivity index (χ2v) is 3.76. The van der Waals surface area contributed by atoms with Crippen LogP contribution in [0.3, 0.4) is 0 Å². The summed E-state index contributed by atoms with van der Waals surface area (Å²) in [6.45, 7) is 4.68. The lowest BCUT2D eigenvalue weighted by molar-refractivity contribution is 0.581. The minimum absolute atomic E-state index is 0.836. The SMILES string of the molecule is CCn1nccc1CNCc1cnn(C)c1. The van der Waals surface area contributed by atoms with E-state index in [0.29, 0.717) is 0 Å². The van der Waals surface area contributed by atoms with E-state index < -0.39 is 0 Å². The van der Waals surface area contributed by atoms with E-state index in [0.717, 1.165) is 19.6 Å². The predicted molar refractivity (Wildman–Crippen MR) is 61.7 cm³/mol. The molecule has 0 aromatic carbocycles. The van der Waals surface area contributed by atoms with Crippen LogP contribution in [0.4, 0.5) is 0 Å². The molecule has 0 amide bonds. The van der Waals surface area contributed by atoms with E-state index in [1.54, 1.807) is 0 Å². The second-order valence-electron chi connectivity index (χ2n) is 3.76. The maximum absolute atomic E-state index is 4.22. The minimum atomic E-state index is 0.836. The number of hydrogen-bond acceptors (Lipinski definition) is 3. The summed E-state index contributed by atoms with van der Waals surface area (Å²) in [6.07, 6.45) is 5.73. The van der Waals surface area contributed by atoms with Crippen LogP contribution in [0.25, 0.3) is 0 Å². The first-order valence-corrected chi connectivity index (χ1v) is 5.48. The van der Waals surface area contributed by atoms with Gasteiger partial charge in [0.05, 0.1) is 11.9 Å². The van der Waals surface area contributed by atoms with Crippen LogP contribution in [0.5, 0.6) is 0 Å². The van der Waals surface area contributed by atoms with E-state index >= 15 is 0 Å². The average Bonchev–Trinajstić information content (AvgIpc) is 2.87. The van der Waals surface area contributed by atoms with Crippen molar-refractivity contribution in [2.75, 3.05) is 0 Å². The maximum Gasteiger partial charge on any atom is 0.0534 e. The number of aryl methyl sites for hydroxylation is 2. The van der Waals surface area contributed by atoms with Gasteiger partial charge in [0, 0.05) is 44.6 Å². The first-order valence-electron chi connectivity index (χ1n) is 5.48. The van der Waals surface area contributed by atoms with Gasteiger partial charge in [0.2, 0.25) is 0 Å². The fraction of sp³-hybridized carbons (Fsp3) is 0.455. The molecule has 2 rings (SSSR count). The van der Waals surface area contributed by atoms with Gasteiger partial charge in [-0.2, -0.15) is 10.2 Å². The monoisotopic (exact) mass is 219 g/mol. The third-order valence-corrected chi connectivity index (χ3v) is 2.50. The van der Waals surface area contributed by atoms with Crippen LogP contribution in [0.2, 0.25) is 0 Å². The van der Waals surface area contributed by atoms with Crippen molar-refractivity contribution in [1.29, 1.82) is 0 Å². The third kappa shape index (κ3) is 2.49. The molecule has 2 aromatic heterocycles. The summed E-state index contributed by atoms with van der Waals surface area (Å²) in [5.74, 6) is 0. The Morgan fingerprint density at radius 2 is 2.19 bits per heavy atom. The summed E-state index contributed by atoms with van der Waals surface area (Å²) in [5, 5.41) is 11.7. The van der Waals surface area contributed by atoms with Gasteiger partial charge in [-0.15, -0.1) is 0 Å². The molecule has 0 aliphatic heterocycles. The van der Waals surface area contributed by atoms with Gasteiger partial charge < -0.3 is 5.32 Å². The fourth-order valence-electron chi connectivity index (χ4n) is 1.69. The minimum Gasteiger partial charge on any atom is -0.307 e. The van der Waals surface area contributed by atoms with Gasteiger partial charge in [-0.3, -0.25) is 9.36 Å². The molecule has 16 heavy (non-hydrogen) atoms. The molecule has 86 valence electrons. The van der Waals surface area contributed by atoms with Crippen molar-refractivity contribution in [3.63, 3.8) is 0 Å². The lowest BCUT2D eigenvalue weighted by Gasteiger charge is -2.05. The van der Waals surface area contributed by atoms with E-state index in [2.05, 4.69) is 22.4 Å². The smallest absolute Gasteiger partial charge is 0.0534 e. The second kappa shape index (κ2) is 4.94. The fourth-order valence-corrected chi connectivity index (χ4v) is 1.69. The van der Waals surface area contributed by atoms with Gasteiger partial charge in [0.1, 0.15) is 0 Å². The lowest BCUT2D eigenvalue weighted by atomic mass is 10.3. The average molecular weight is 219 g/mol. The van der Waals surface area contributed by atoms with Gasteiger partial charge in [-0.1, -0.05) is 0 Å². The third-order valence-electron chi connectivity index (χ3n) is 2.50. The number of nitrogens with zero attached hydrogens (tertiary/aromatic N) is 4. The highest BCUT2D eigenvalue weighted by atomic mass is 15.3. The Kier molecular flexibility index (Phi) is 3.36. The highest BCUT2D eigenvalue weighted by molar-refractivity contribution is 5.04. The molecule has 5 heteroatoms. The number of nitrogens with one attached hydrogen (secondary N) is 1. The van der Waals surface area contributed by atoms with Crippen molar-refractivity contribution in [3.8, 4) is 0 Å². The summed E-state index contributed by atoms with van der Waals surface area (Å²) >= 11 is 0. The molecular formula is C11H17N5. The molecule has 0 spiro atoms. The molecule has 0 aliphatic carbocycles. The molecule has 0 bridgehead atoms. The van der Waals surface area contributed by atoms with Crippen molar-refractivity contribution < 1.29 is 0 Å². The van der Waals surface area contributed by atoms with E-state index in [9.17, 15) is 0 Å². The Morgan fingerprint density at radius 3 is 2.88 bits per heavy atom. The van der Waals surface area contributed by atoms with Crippen LogP contribution >= 0.6 is 0 Å². The largest absolute Gasteiger partial charge is 0.307 e. The van der Waals surface area contributed by atoms with Crippen molar-refractivity contribution in [3.05, 3.63) is 35.9 Å². The van der Waals surface area contributed by atoms with Crippen LogP contribution in [-0.2, 0) is 26.7 Å². The molecule has 2 aromatic rings. The number of hydrogen-bond donors (Lipinski definition) is 1. The topological polar surface area (TPSA) is 47.7 Å². The lowest BCUT2D eigenvalue weighted by Crippen LogP contribution is -2.15. The molecule has 0 atom stereocenters. The zero-order chi connectivity index (χ0) is 11.4. The summed E-state index contributed by atoms with van der Waals surface area (Å²) in [5.41, 5.74) is 2.41. The molecule has 0 radical (unpaired) electrons. The highest BCUT2D eigenvalue weighted by Crippen LogP contribution is 2.00. The highest BCUT2D eigenvalue weighted by Gasteiger charge is 2.00. The zero-order valence-electron chi connectivity index (χ0n) is 9.72. The Hall–Kier alpha value is -1.62. The van der Waals surface area contributed by atoms with Crippen LogP contribution in [0.15, 0.2) is 24.7 Å². The van der Waals surface area contributed by atoms with E-state index in [-0.39, 0.29) is 0 Å². The molecule has 0 saturated heterocycles. The van der Waals surface area contributed by atoms with Gasteiger partial charge in [-0.25, -0.2) is 0 Å². The normalized spacial score (nSPS) is 10.9. The molecular weight excluding hydrogens is 202 g/mol. The predicted octanol–water partition coefficient (Wildman–Crippen LogP) is 0.926. The zero-order valence-corrected chi connectivity index (χ0v) is 9.72. The molecule has 0 aliphatic rings. The molecule has 5 nitrogen and oxygen atoms in total. The number of rotatable bonds is 5. The summed E-state index contributed by atoms with van der Waals surface area (Å²) in [4.78, 5) is 0. The Balaban J connectivity index is 1.84. The molecule has 0 unspecified atom stereocenters. The summed E-state index contributed by atoms with van der Waals surface area (Å²) in [7, 11) is 1.93. The van der Waals surface area contributed by atoms with Crippen molar-refractivity contribution in [1.82, 2.24) is 24.9 Å². The standard InChI is InChI=1S/C11H17N5/c1-3-16-11(4-5-13-16)8-12-6-10-7-14-15(2)9-10/h4-5,7,9,12H,3,6,8H2,1-2H3. The van der Waals surface area contributed by atoms with E-state index in [1.807, 2.05) is 41.1 Å². The van der Waals surface area contributed by atoms with E-state index in [1.165, 1.54) is 11.3 Å². The number of aromatic nitrogens is 4. The van der Waals surface area contributed by atoms with E-state index in [4.69, 9.17) is 0 Å². The Bertz CT molecular complexity index is 443. The molecule has 1 N–H and O–H groups in total. The van der Waals surface area contributed by atoms with Crippen LogP contribution in [0, 0.1) is 0 Å². The summed E-state index contributed by atoms with van der Waals surface area (Å²) in [6, 6.07) is 2.04. The van der Waals surface area contributed by atoms with Gasteiger partial charge in [-0.05, 0) is 13.0 Å². The van der Waals surface area contributed by atoms with Crippen LogP contribution in [0.1, 0.15) is 18.2 Å². The van der Waals surface area contributed by atoms with Crippen LogP contribution in [-0.4, -0.2) is 19.6 Å². The molecule has 2 heterocycles. The van der Waals surface area contributed by atoms with Gasteiger partial charge >= 0.3 is 0 Å². The van der Waals surface area contributed by atoms with Crippen molar-refractivity contribution in [2.45, 2.75) is 26.6 Å². The van der Waals surface area contributed by atoms with Crippen LogP contribution < -0.4 is 5.32 Å². The first-order chi connectivity index (χ1) is 7.79. The van der Waals surface area contributed by atoms with Crippen molar-refractivity contribution >= 4 is 0 Å². The van der Waals surface area contributed by atoms with Gasteiger partial charge in [0.15, 0.2) is 0 Å². The Labute approximate surface area is 95.1 Å². The summed E-state index contributed by atoms with van der Waals surface area (Å²) < 4.78 is 3.81. The molecule has 0 saturated carbocycles. The quantitative estimate of drug-likeness (QED) is 0.813. The molecule has 0 fully saturated rings. The van der Waals surface area contributed by atoms with Gasteiger partial charge in [0.25, 0.3) is 0 Å². The van der Waals surface area contributed by atoms with Crippen molar-refractivity contribution in [2.24, 2.45) is 7.05 Å².